The minimum Gasteiger partial charge on any atom is -0.476 e. The lowest BCUT2D eigenvalue weighted by atomic mass is 10.1. The number of rotatable bonds is 2. The monoisotopic (exact) mass is 220 g/mol. The van der Waals surface area contributed by atoms with Crippen LogP contribution in [-0.2, 0) is 0 Å². The SMILES string of the molecule is Cc1ncsc1-c1cccnc1C(=O)O. The van der Waals surface area contributed by atoms with Crippen LogP contribution in [0.25, 0.3) is 10.4 Å². The second-order valence-corrected chi connectivity index (χ2v) is 3.83. The fraction of sp³-hybridized carbons (Fsp3) is 0.100. The van der Waals surface area contributed by atoms with Gasteiger partial charge in [0.25, 0.3) is 0 Å². The zero-order valence-corrected chi connectivity index (χ0v) is 8.78. The molecular formula is C10H8N2O2S. The molecule has 0 saturated heterocycles. The topological polar surface area (TPSA) is 63.1 Å². The molecule has 0 radical (unpaired) electrons. The maximum atomic E-state index is 10.9. The molecule has 0 unspecified atom stereocenters. The second kappa shape index (κ2) is 3.78. The number of nitrogens with zero attached hydrogens (tertiary/aromatic N) is 2. The molecule has 1 N–H and O–H groups in total. The highest BCUT2D eigenvalue weighted by Crippen LogP contribution is 2.28. The summed E-state index contributed by atoms with van der Waals surface area (Å²) < 4.78 is 0. The van der Waals surface area contributed by atoms with Crippen molar-refractivity contribution in [1.82, 2.24) is 9.97 Å². The Morgan fingerprint density at radius 2 is 2.27 bits per heavy atom. The van der Waals surface area contributed by atoms with Gasteiger partial charge in [-0.1, -0.05) is 0 Å². The van der Waals surface area contributed by atoms with Crippen molar-refractivity contribution in [3.63, 3.8) is 0 Å². The van der Waals surface area contributed by atoms with Gasteiger partial charge in [0.2, 0.25) is 0 Å². The van der Waals surface area contributed by atoms with E-state index < -0.39 is 5.97 Å². The van der Waals surface area contributed by atoms with E-state index in [1.165, 1.54) is 17.5 Å². The quantitative estimate of drug-likeness (QED) is 0.842. The van der Waals surface area contributed by atoms with Crippen molar-refractivity contribution in [2.45, 2.75) is 6.92 Å². The van der Waals surface area contributed by atoms with Crippen molar-refractivity contribution in [1.29, 1.82) is 0 Å². The number of pyridine rings is 1. The van der Waals surface area contributed by atoms with Crippen LogP contribution in [0, 0.1) is 6.92 Å². The molecule has 4 nitrogen and oxygen atoms in total. The third-order valence-electron chi connectivity index (χ3n) is 2.00. The van der Waals surface area contributed by atoms with Crippen molar-refractivity contribution in [3.05, 3.63) is 35.2 Å². The predicted octanol–water partition coefficient (Wildman–Crippen LogP) is 2.21. The number of aromatic carboxylic acids is 1. The van der Waals surface area contributed by atoms with Crippen molar-refractivity contribution >= 4 is 17.3 Å². The van der Waals surface area contributed by atoms with Crippen molar-refractivity contribution in [2.75, 3.05) is 0 Å². The molecule has 0 fully saturated rings. The second-order valence-electron chi connectivity index (χ2n) is 2.97. The number of carbonyl (C=O) groups is 1. The summed E-state index contributed by atoms with van der Waals surface area (Å²) in [6.07, 6.45) is 1.48. The van der Waals surface area contributed by atoms with E-state index in [-0.39, 0.29) is 5.69 Å². The van der Waals surface area contributed by atoms with Gasteiger partial charge in [-0.25, -0.2) is 14.8 Å². The summed E-state index contributed by atoms with van der Waals surface area (Å²) in [6, 6.07) is 3.47. The van der Waals surface area contributed by atoms with Crippen LogP contribution in [0.5, 0.6) is 0 Å². The third kappa shape index (κ3) is 1.73. The highest BCUT2D eigenvalue weighted by Gasteiger charge is 2.15. The number of thiazole rings is 1. The molecule has 76 valence electrons. The van der Waals surface area contributed by atoms with E-state index in [2.05, 4.69) is 9.97 Å². The first kappa shape index (κ1) is 9.79. The van der Waals surface area contributed by atoms with Crippen LogP contribution >= 0.6 is 11.3 Å². The van der Waals surface area contributed by atoms with E-state index in [9.17, 15) is 4.79 Å². The maximum absolute atomic E-state index is 10.9. The average molecular weight is 220 g/mol. The lowest BCUT2D eigenvalue weighted by molar-refractivity contribution is 0.0691. The Hall–Kier alpha value is -1.75. The van der Waals surface area contributed by atoms with Crippen LogP contribution in [0.4, 0.5) is 0 Å². The third-order valence-corrected chi connectivity index (χ3v) is 2.96. The molecule has 2 heterocycles. The Balaban J connectivity index is 2.63. The molecule has 0 saturated carbocycles. The molecule has 0 bridgehead atoms. The zero-order chi connectivity index (χ0) is 10.8. The lowest BCUT2D eigenvalue weighted by Crippen LogP contribution is -2.02. The minimum atomic E-state index is -1.02. The largest absolute Gasteiger partial charge is 0.476 e. The van der Waals surface area contributed by atoms with Crippen molar-refractivity contribution < 1.29 is 9.90 Å². The summed E-state index contributed by atoms with van der Waals surface area (Å²) >= 11 is 1.42. The number of carboxylic acids is 1. The number of aryl methyl sites for hydroxylation is 1. The van der Waals surface area contributed by atoms with Crippen molar-refractivity contribution in [2.24, 2.45) is 0 Å². The molecule has 15 heavy (non-hydrogen) atoms. The van der Waals surface area contributed by atoms with Gasteiger partial charge >= 0.3 is 5.97 Å². The van der Waals surface area contributed by atoms with Crippen molar-refractivity contribution in [3.8, 4) is 10.4 Å². The molecule has 0 amide bonds. The van der Waals surface area contributed by atoms with Gasteiger partial charge in [0.15, 0.2) is 5.69 Å². The molecule has 0 aliphatic rings. The van der Waals surface area contributed by atoms with E-state index >= 15 is 0 Å². The Kier molecular flexibility index (Phi) is 2.47. The Morgan fingerprint density at radius 3 is 2.87 bits per heavy atom. The molecule has 2 rings (SSSR count). The summed E-state index contributed by atoms with van der Waals surface area (Å²) in [5.74, 6) is -1.02. The molecule has 0 aromatic carbocycles. The van der Waals surface area contributed by atoms with E-state index in [4.69, 9.17) is 5.11 Å². The summed E-state index contributed by atoms with van der Waals surface area (Å²) in [5, 5.41) is 8.98. The average Bonchev–Trinajstić information content (AvgIpc) is 2.64. The van der Waals surface area contributed by atoms with Crippen LogP contribution in [0.3, 0.4) is 0 Å². The van der Waals surface area contributed by atoms with Gasteiger partial charge in [0, 0.05) is 11.8 Å². The molecule has 2 aromatic rings. The van der Waals surface area contributed by atoms with Crippen LogP contribution < -0.4 is 0 Å². The number of carboxylic acid groups (broad SMARTS) is 1. The van der Waals surface area contributed by atoms with Crippen LogP contribution in [-0.4, -0.2) is 21.0 Å². The smallest absolute Gasteiger partial charge is 0.355 e. The molecular weight excluding hydrogens is 212 g/mol. The van der Waals surface area contributed by atoms with Gasteiger partial charge in [-0.2, -0.15) is 0 Å². The number of aromatic nitrogens is 2. The van der Waals surface area contributed by atoms with Gasteiger partial charge in [0.05, 0.1) is 16.1 Å². The predicted molar refractivity (Wildman–Crippen MR) is 57.0 cm³/mol. The van der Waals surface area contributed by atoms with E-state index in [0.717, 1.165) is 10.6 Å². The first-order valence-electron chi connectivity index (χ1n) is 4.29. The first-order valence-corrected chi connectivity index (χ1v) is 5.17. The van der Waals surface area contributed by atoms with Gasteiger partial charge in [-0.15, -0.1) is 11.3 Å². The normalized spacial score (nSPS) is 10.2. The molecule has 0 aliphatic heterocycles. The van der Waals surface area contributed by atoms with Gasteiger partial charge < -0.3 is 5.11 Å². The molecule has 5 heteroatoms. The first-order chi connectivity index (χ1) is 7.20. The zero-order valence-electron chi connectivity index (χ0n) is 7.97. The van der Waals surface area contributed by atoms with Gasteiger partial charge in [-0.3, -0.25) is 0 Å². The molecule has 0 spiro atoms. The summed E-state index contributed by atoms with van der Waals surface area (Å²) in [6.45, 7) is 1.85. The van der Waals surface area contributed by atoms with E-state index in [1.807, 2.05) is 6.92 Å². The van der Waals surface area contributed by atoms with Gasteiger partial charge in [0.1, 0.15) is 0 Å². The molecule has 0 atom stereocenters. The lowest BCUT2D eigenvalue weighted by Gasteiger charge is -2.02. The Bertz CT molecular complexity index is 508. The standard InChI is InChI=1S/C10H8N2O2S/c1-6-9(15-5-12-6)7-3-2-4-11-8(7)10(13)14/h2-5H,1H3,(H,13,14). The van der Waals surface area contributed by atoms with Gasteiger partial charge in [-0.05, 0) is 19.1 Å². The number of hydrogen-bond acceptors (Lipinski definition) is 4. The summed E-state index contributed by atoms with van der Waals surface area (Å²) in [4.78, 5) is 19.8. The maximum Gasteiger partial charge on any atom is 0.355 e. The number of hydrogen-bond donors (Lipinski definition) is 1. The molecule has 2 aromatic heterocycles. The van der Waals surface area contributed by atoms with Crippen LogP contribution in [0.15, 0.2) is 23.8 Å². The highest BCUT2D eigenvalue weighted by molar-refractivity contribution is 7.13. The highest BCUT2D eigenvalue weighted by atomic mass is 32.1. The minimum absolute atomic E-state index is 0.0739. The fourth-order valence-electron chi connectivity index (χ4n) is 1.32. The Morgan fingerprint density at radius 1 is 1.47 bits per heavy atom. The van der Waals surface area contributed by atoms with E-state index in [0.29, 0.717) is 5.56 Å². The summed E-state index contributed by atoms with van der Waals surface area (Å²) in [7, 11) is 0. The molecule has 0 aliphatic carbocycles. The van der Waals surface area contributed by atoms with Crippen LogP contribution in [0.2, 0.25) is 0 Å². The van der Waals surface area contributed by atoms with Crippen LogP contribution in [0.1, 0.15) is 16.2 Å². The Labute approximate surface area is 90.3 Å². The van der Waals surface area contributed by atoms with E-state index in [1.54, 1.807) is 17.6 Å². The fourth-order valence-corrected chi connectivity index (χ4v) is 2.15. The summed E-state index contributed by atoms with van der Waals surface area (Å²) in [5.41, 5.74) is 3.23.